The van der Waals surface area contributed by atoms with Crippen molar-refractivity contribution in [2.75, 3.05) is 17.2 Å². The van der Waals surface area contributed by atoms with Gasteiger partial charge in [-0.1, -0.05) is 12.1 Å². The Morgan fingerprint density at radius 2 is 2.10 bits per heavy atom. The highest BCUT2D eigenvalue weighted by molar-refractivity contribution is 5.93. The van der Waals surface area contributed by atoms with Crippen LogP contribution in [0.15, 0.2) is 42.5 Å². The fourth-order valence-electron chi connectivity index (χ4n) is 1.83. The third kappa shape index (κ3) is 4.05. The topological polar surface area (TPSA) is 64.9 Å². The number of rotatable bonds is 4. The van der Waals surface area contributed by atoms with Crippen LogP contribution in [0.25, 0.3) is 0 Å². The van der Waals surface area contributed by atoms with Crippen LogP contribution in [0.3, 0.4) is 0 Å². The number of halogens is 1. The summed E-state index contributed by atoms with van der Waals surface area (Å²) >= 11 is 0. The lowest BCUT2D eigenvalue weighted by Gasteiger charge is -2.10. The zero-order valence-corrected chi connectivity index (χ0v) is 11.5. The van der Waals surface area contributed by atoms with Gasteiger partial charge in [0.2, 0.25) is 5.91 Å². The second kappa shape index (κ2) is 6.53. The van der Waals surface area contributed by atoms with E-state index >= 15 is 0 Å². The van der Waals surface area contributed by atoms with Crippen LogP contribution in [0.5, 0.6) is 0 Å². The lowest BCUT2D eigenvalue weighted by atomic mass is 10.1. The molecule has 0 aliphatic carbocycles. The second-order valence-electron chi connectivity index (χ2n) is 4.55. The standard InChI is InChI=1S/C16H14FN3O/c1-11-5-6-12(9-18)7-15(11)19-10-16(21)20-14-4-2-3-13(17)8-14/h2-8,19H,10H2,1H3,(H,20,21). The normalized spacial score (nSPS) is 9.76. The Bertz CT molecular complexity index is 707. The van der Waals surface area contributed by atoms with E-state index in [1.807, 2.05) is 19.1 Å². The van der Waals surface area contributed by atoms with Gasteiger partial charge >= 0.3 is 0 Å². The number of hydrogen-bond donors (Lipinski definition) is 2. The van der Waals surface area contributed by atoms with Gasteiger partial charge in [-0.2, -0.15) is 5.26 Å². The highest BCUT2D eigenvalue weighted by Crippen LogP contribution is 2.16. The molecule has 0 unspecified atom stereocenters. The number of nitrogens with zero attached hydrogens (tertiary/aromatic N) is 1. The molecule has 2 rings (SSSR count). The van der Waals surface area contributed by atoms with Crippen LogP contribution in [0.4, 0.5) is 15.8 Å². The largest absolute Gasteiger partial charge is 0.376 e. The fourth-order valence-corrected chi connectivity index (χ4v) is 1.83. The zero-order valence-electron chi connectivity index (χ0n) is 11.5. The molecule has 0 radical (unpaired) electrons. The maximum absolute atomic E-state index is 13.0. The number of nitrogens with one attached hydrogen (secondary N) is 2. The van der Waals surface area contributed by atoms with Crippen molar-refractivity contribution in [2.24, 2.45) is 0 Å². The first-order valence-electron chi connectivity index (χ1n) is 6.38. The number of hydrogen-bond acceptors (Lipinski definition) is 3. The van der Waals surface area contributed by atoms with Gasteiger partial charge in [0.1, 0.15) is 5.82 Å². The zero-order chi connectivity index (χ0) is 15.2. The van der Waals surface area contributed by atoms with Crippen molar-refractivity contribution in [3.05, 3.63) is 59.4 Å². The molecule has 5 heteroatoms. The predicted molar refractivity (Wildman–Crippen MR) is 79.4 cm³/mol. The molecule has 0 spiro atoms. The van der Waals surface area contributed by atoms with Gasteiger partial charge in [0.05, 0.1) is 18.2 Å². The SMILES string of the molecule is Cc1ccc(C#N)cc1NCC(=O)Nc1cccc(F)c1. The summed E-state index contributed by atoms with van der Waals surface area (Å²) in [6, 6.07) is 13.0. The lowest BCUT2D eigenvalue weighted by molar-refractivity contribution is -0.114. The molecule has 2 aromatic rings. The van der Waals surface area contributed by atoms with E-state index in [4.69, 9.17) is 5.26 Å². The Morgan fingerprint density at radius 1 is 1.29 bits per heavy atom. The van der Waals surface area contributed by atoms with Gasteiger partial charge < -0.3 is 10.6 Å². The van der Waals surface area contributed by atoms with Crippen LogP contribution in [0, 0.1) is 24.1 Å². The Hall–Kier alpha value is -2.87. The summed E-state index contributed by atoms with van der Waals surface area (Å²) in [7, 11) is 0. The summed E-state index contributed by atoms with van der Waals surface area (Å²) < 4.78 is 13.0. The summed E-state index contributed by atoms with van der Waals surface area (Å²) in [6.45, 7) is 1.92. The Balaban J connectivity index is 1.97. The third-order valence-electron chi connectivity index (χ3n) is 2.91. The molecule has 0 fully saturated rings. The smallest absolute Gasteiger partial charge is 0.243 e. The molecule has 0 saturated carbocycles. The van der Waals surface area contributed by atoms with E-state index in [1.54, 1.807) is 18.2 Å². The highest BCUT2D eigenvalue weighted by Gasteiger charge is 2.05. The molecule has 2 N–H and O–H groups in total. The van der Waals surface area contributed by atoms with Gasteiger partial charge in [0.15, 0.2) is 0 Å². The molecule has 0 aromatic heterocycles. The van der Waals surface area contributed by atoms with Crippen molar-refractivity contribution in [1.29, 1.82) is 5.26 Å². The summed E-state index contributed by atoms with van der Waals surface area (Å²) in [6.07, 6.45) is 0. The second-order valence-corrected chi connectivity index (χ2v) is 4.55. The molecule has 0 bridgehead atoms. The maximum Gasteiger partial charge on any atom is 0.243 e. The van der Waals surface area contributed by atoms with Crippen LogP contribution in [0.1, 0.15) is 11.1 Å². The van der Waals surface area contributed by atoms with Crippen molar-refractivity contribution in [3.8, 4) is 6.07 Å². The van der Waals surface area contributed by atoms with Crippen molar-refractivity contribution in [3.63, 3.8) is 0 Å². The van der Waals surface area contributed by atoms with Gasteiger partial charge in [-0.05, 0) is 42.8 Å². The van der Waals surface area contributed by atoms with Crippen LogP contribution in [-0.2, 0) is 4.79 Å². The molecule has 4 nitrogen and oxygen atoms in total. The molecular weight excluding hydrogens is 269 g/mol. The van der Waals surface area contributed by atoms with E-state index in [0.29, 0.717) is 11.3 Å². The Kier molecular flexibility index (Phi) is 4.52. The highest BCUT2D eigenvalue weighted by atomic mass is 19.1. The summed E-state index contributed by atoms with van der Waals surface area (Å²) in [4.78, 5) is 11.8. The third-order valence-corrected chi connectivity index (χ3v) is 2.91. The number of amides is 1. The van der Waals surface area contributed by atoms with Gasteiger partial charge in [-0.25, -0.2) is 4.39 Å². The number of benzene rings is 2. The minimum Gasteiger partial charge on any atom is -0.376 e. The van der Waals surface area contributed by atoms with E-state index in [1.165, 1.54) is 18.2 Å². The molecule has 21 heavy (non-hydrogen) atoms. The number of carbonyl (C=O) groups is 1. The average molecular weight is 283 g/mol. The van der Waals surface area contributed by atoms with E-state index in [0.717, 1.165) is 11.3 Å². The van der Waals surface area contributed by atoms with Crippen LogP contribution in [-0.4, -0.2) is 12.5 Å². The van der Waals surface area contributed by atoms with E-state index in [2.05, 4.69) is 10.6 Å². The first-order chi connectivity index (χ1) is 10.1. The van der Waals surface area contributed by atoms with Crippen LogP contribution < -0.4 is 10.6 Å². The van der Waals surface area contributed by atoms with Crippen molar-refractivity contribution >= 4 is 17.3 Å². The number of nitriles is 1. The average Bonchev–Trinajstić information content (AvgIpc) is 2.46. The summed E-state index contributed by atoms with van der Waals surface area (Å²) in [5.74, 6) is -0.694. The molecule has 106 valence electrons. The van der Waals surface area contributed by atoms with Gasteiger partial charge in [0, 0.05) is 11.4 Å². The molecule has 0 saturated heterocycles. The molecule has 0 atom stereocenters. The quantitative estimate of drug-likeness (QED) is 0.906. The van der Waals surface area contributed by atoms with Gasteiger partial charge in [-0.3, -0.25) is 4.79 Å². The first-order valence-corrected chi connectivity index (χ1v) is 6.38. The Morgan fingerprint density at radius 3 is 2.81 bits per heavy atom. The van der Waals surface area contributed by atoms with Crippen molar-refractivity contribution in [1.82, 2.24) is 0 Å². The molecule has 0 aliphatic heterocycles. The number of carbonyl (C=O) groups excluding carboxylic acids is 1. The van der Waals surface area contributed by atoms with E-state index < -0.39 is 5.82 Å². The number of aryl methyl sites for hydroxylation is 1. The first kappa shape index (κ1) is 14.5. The summed E-state index contributed by atoms with van der Waals surface area (Å²) in [5.41, 5.74) is 2.59. The van der Waals surface area contributed by atoms with Crippen molar-refractivity contribution in [2.45, 2.75) is 6.92 Å². The van der Waals surface area contributed by atoms with Gasteiger partial charge in [0.25, 0.3) is 0 Å². The maximum atomic E-state index is 13.0. The summed E-state index contributed by atoms with van der Waals surface area (Å²) in [5, 5.41) is 14.4. The van der Waals surface area contributed by atoms with E-state index in [-0.39, 0.29) is 12.5 Å². The molecule has 0 aliphatic rings. The number of anilines is 2. The minimum absolute atomic E-state index is 0.0340. The lowest BCUT2D eigenvalue weighted by Crippen LogP contribution is -2.22. The van der Waals surface area contributed by atoms with Gasteiger partial charge in [-0.15, -0.1) is 0 Å². The van der Waals surface area contributed by atoms with Crippen LogP contribution in [0.2, 0.25) is 0 Å². The van der Waals surface area contributed by atoms with Crippen LogP contribution >= 0.6 is 0 Å². The predicted octanol–water partition coefficient (Wildman–Crippen LogP) is 3.06. The molecule has 2 aromatic carbocycles. The monoisotopic (exact) mass is 283 g/mol. The molecule has 1 amide bonds. The molecule has 0 heterocycles. The van der Waals surface area contributed by atoms with Crippen molar-refractivity contribution < 1.29 is 9.18 Å². The van der Waals surface area contributed by atoms with E-state index in [9.17, 15) is 9.18 Å². The fraction of sp³-hybridized carbons (Fsp3) is 0.125. The minimum atomic E-state index is -0.404. The molecular formula is C16H14FN3O. The Labute approximate surface area is 122 Å².